The molecule has 1 aromatic heterocycles. The minimum Gasteiger partial charge on any atom is -0.395 e. The van der Waals surface area contributed by atoms with E-state index in [0.29, 0.717) is 6.54 Å². The standard InChI is InChI=1S/C19H25N3O/c1-2-22-18-6-4-3-5-16(18)17-13-15(7-8-19(17)22)14-21-10-9-20-11-12-23/h3-8,13,20-21,23H,2,9-12,14H2,1H3. The summed E-state index contributed by atoms with van der Waals surface area (Å²) in [5.41, 5.74) is 3.92. The number of aliphatic hydroxyl groups is 1. The third kappa shape index (κ3) is 3.39. The topological polar surface area (TPSA) is 49.2 Å². The van der Waals surface area contributed by atoms with E-state index in [0.717, 1.165) is 26.2 Å². The van der Waals surface area contributed by atoms with Gasteiger partial charge >= 0.3 is 0 Å². The average Bonchev–Trinajstić information content (AvgIpc) is 2.91. The Morgan fingerprint density at radius 1 is 0.913 bits per heavy atom. The molecular weight excluding hydrogens is 286 g/mol. The smallest absolute Gasteiger partial charge is 0.0555 e. The van der Waals surface area contributed by atoms with Crippen LogP contribution in [0.3, 0.4) is 0 Å². The number of fused-ring (bicyclic) bond motifs is 3. The molecule has 0 fully saturated rings. The molecule has 0 amide bonds. The Labute approximate surface area is 137 Å². The maximum Gasteiger partial charge on any atom is 0.0555 e. The fourth-order valence-electron chi connectivity index (χ4n) is 3.17. The van der Waals surface area contributed by atoms with Gasteiger partial charge in [-0.05, 0) is 30.7 Å². The van der Waals surface area contributed by atoms with Crippen molar-refractivity contribution in [2.45, 2.75) is 20.0 Å². The van der Waals surface area contributed by atoms with Crippen molar-refractivity contribution in [1.29, 1.82) is 0 Å². The normalized spacial score (nSPS) is 11.6. The Kier molecular flexibility index (Phi) is 5.28. The molecule has 0 spiro atoms. The zero-order valence-electron chi connectivity index (χ0n) is 13.7. The number of nitrogens with zero attached hydrogens (tertiary/aromatic N) is 1. The van der Waals surface area contributed by atoms with Crippen molar-refractivity contribution < 1.29 is 5.11 Å². The lowest BCUT2D eigenvalue weighted by Gasteiger charge is -2.07. The van der Waals surface area contributed by atoms with E-state index in [1.165, 1.54) is 27.4 Å². The second kappa shape index (κ2) is 7.59. The molecule has 0 aliphatic rings. The number of rotatable bonds is 8. The van der Waals surface area contributed by atoms with Crippen LogP contribution in [0.4, 0.5) is 0 Å². The van der Waals surface area contributed by atoms with Crippen molar-refractivity contribution >= 4 is 21.8 Å². The predicted molar refractivity (Wildman–Crippen MR) is 96.8 cm³/mol. The molecule has 2 aromatic carbocycles. The maximum atomic E-state index is 8.73. The number of benzene rings is 2. The molecule has 122 valence electrons. The molecule has 1 heterocycles. The van der Waals surface area contributed by atoms with Crippen molar-refractivity contribution in [2.24, 2.45) is 0 Å². The fraction of sp³-hybridized carbons (Fsp3) is 0.368. The summed E-state index contributed by atoms with van der Waals surface area (Å²) in [4.78, 5) is 0. The lowest BCUT2D eigenvalue weighted by Crippen LogP contribution is -2.28. The van der Waals surface area contributed by atoms with Crippen LogP contribution >= 0.6 is 0 Å². The van der Waals surface area contributed by atoms with Gasteiger partial charge < -0.3 is 20.3 Å². The Hall–Kier alpha value is -1.88. The van der Waals surface area contributed by atoms with Crippen molar-refractivity contribution in [2.75, 3.05) is 26.2 Å². The molecule has 4 heteroatoms. The number of hydrogen-bond donors (Lipinski definition) is 3. The number of aliphatic hydroxyl groups excluding tert-OH is 1. The molecular formula is C19H25N3O. The van der Waals surface area contributed by atoms with Gasteiger partial charge in [0, 0.05) is 54.5 Å². The van der Waals surface area contributed by atoms with Crippen LogP contribution in [0.15, 0.2) is 42.5 Å². The maximum absolute atomic E-state index is 8.73. The summed E-state index contributed by atoms with van der Waals surface area (Å²) in [5.74, 6) is 0. The van der Waals surface area contributed by atoms with Crippen molar-refractivity contribution in [3.8, 4) is 0 Å². The quantitative estimate of drug-likeness (QED) is 0.560. The van der Waals surface area contributed by atoms with E-state index in [1.54, 1.807) is 0 Å². The Balaban J connectivity index is 1.78. The Morgan fingerprint density at radius 2 is 1.70 bits per heavy atom. The summed E-state index contributed by atoms with van der Waals surface area (Å²) in [6.45, 7) is 6.66. The second-order valence-electron chi connectivity index (χ2n) is 5.76. The minimum absolute atomic E-state index is 0.193. The van der Waals surface area contributed by atoms with Crippen molar-refractivity contribution in [3.63, 3.8) is 0 Å². The van der Waals surface area contributed by atoms with E-state index in [1.807, 2.05) is 0 Å². The van der Waals surface area contributed by atoms with Crippen LogP contribution in [0.5, 0.6) is 0 Å². The Morgan fingerprint density at radius 3 is 2.52 bits per heavy atom. The van der Waals surface area contributed by atoms with Crippen LogP contribution in [0.2, 0.25) is 0 Å². The van der Waals surface area contributed by atoms with Gasteiger partial charge in [-0.2, -0.15) is 0 Å². The van der Waals surface area contributed by atoms with Gasteiger partial charge in [0.25, 0.3) is 0 Å². The molecule has 3 N–H and O–H groups in total. The van der Waals surface area contributed by atoms with Crippen LogP contribution in [0.1, 0.15) is 12.5 Å². The highest BCUT2D eigenvalue weighted by Gasteiger charge is 2.09. The lowest BCUT2D eigenvalue weighted by molar-refractivity contribution is 0.292. The van der Waals surface area contributed by atoms with Crippen molar-refractivity contribution in [1.82, 2.24) is 15.2 Å². The summed E-state index contributed by atoms with van der Waals surface area (Å²) in [6.07, 6.45) is 0. The van der Waals surface area contributed by atoms with Crippen LogP contribution in [-0.4, -0.2) is 35.9 Å². The molecule has 0 aliphatic carbocycles. The summed E-state index contributed by atoms with van der Waals surface area (Å²) in [6, 6.07) is 15.4. The minimum atomic E-state index is 0.193. The van der Waals surface area contributed by atoms with Crippen LogP contribution < -0.4 is 10.6 Å². The molecule has 3 rings (SSSR count). The van der Waals surface area contributed by atoms with Gasteiger partial charge in [0.1, 0.15) is 0 Å². The number of aryl methyl sites for hydroxylation is 1. The van der Waals surface area contributed by atoms with E-state index in [4.69, 9.17) is 5.11 Å². The number of nitrogens with one attached hydrogen (secondary N) is 2. The highest BCUT2D eigenvalue weighted by molar-refractivity contribution is 6.08. The summed E-state index contributed by atoms with van der Waals surface area (Å²) >= 11 is 0. The second-order valence-corrected chi connectivity index (χ2v) is 5.76. The van der Waals surface area contributed by atoms with Gasteiger partial charge in [-0.3, -0.25) is 0 Å². The van der Waals surface area contributed by atoms with E-state index in [-0.39, 0.29) is 6.61 Å². The third-order valence-electron chi connectivity index (χ3n) is 4.25. The molecule has 0 radical (unpaired) electrons. The summed E-state index contributed by atoms with van der Waals surface area (Å²) in [7, 11) is 0. The zero-order chi connectivity index (χ0) is 16.1. The van der Waals surface area contributed by atoms with Crippen LogP contribution in [0, 0.1) is 0 Å². The molecule has 0 saturated carbocycles. The van der Waals surface area contributed by atoms with E-state index in [2.05, 4.69) is 64.6 Å². The van der Waals surface area contributed by atoms with E-state index in [9.17, 15) is 0 Å². The first-order chi connectivity index (χ1) is 11.3. The highest BCUT2D eigenvalue weighted by Crippen LogP contribution is 2.29. The first-order valence-corrected chi connectivity index (χ1v) is 8.37. The molecule has 23 heavy (non-hydrogen) atoms. The first kappa shape index (κ1) is 16.0. The molecule has 0 bridgehead atoms. The van der Waals surface area contributed by atoms with Crippen LogP contribution in [0.25, 0.3) is 21.8 Å². The van der Waals surface area contributed by atoms with Crippen LogP contribution in [-0.2, 0) is 13.1 Å². The van der Waals surface area contributed by atoms with Gasteiger partial charge in [0.05, 0.1) is 6.61 Å². The molecule has 3 aromatic rings. The third-order valence-corrected chi connectivity index (χ3v) is 4.25. The zero-order valence-corrected chi connectivity index (χ0v) is 13.7. The van der Waals surface area contributed by atoms with Gasteiger partial charge in [0.15, 0.2) is 0 Å². The number of para-hydroxylation sites is 1. The fourth-order valence-corrected chi connectivity index (χ4v) is 3.17. The SMILES string of the molecule is CCn1c2ccccc2c2cc(CNCCNCCO)ccc21. The first-order valence-electron chi connectivity index (χ1n) is 8.37. The average molecular weight is 311 g/mol. The number of hydrogen-bond acceptors (Lipinski definition) is 3. The number of aromatic nitrogens is 1. The molecule has 0 saturated heterocycles. The van der Waals surface area contributed by atoms with E-state index < -0.39 is 0 Å². The van der Waals surface area contributed by atoms with Gasteiger partial charge in [-0.25, -0.2) is 0 Å². The Bertz CT molecular complexity index is 779. The molecule has 4 nitrogen and oxygen atoms in total. The molecule has 0 unspecified atom stereocenters. The van der Waals surface area contributed by atoms with E-state index >= 15 is 0 Å². The van der Waals surface area contributed by atoms with Gasteiger partial charge in [0.2, 0.25) is 0 Å². The molecule has 0 atom stereocenters. The monoisotopic (exact) mass is 311 g/mol. The lowest BCUT2D eigenvalue weighted by atomic mass is 10.1. The summed E-state index contributed by atoms with van der Waals surface area (Å²) < 4.78 is 2.38. The molecule has 0 aliphatic heterocycles. The van der Waals surface area contributed by atoms with Gasteiger partial charge in [-0.15, -0.1) is 0 Å². The van der Waals surface area contributed by atoms with Gasteiger partial charge in [-0.1, -0.05) is 24.3 Å². The van der Waals surface area contributed by atoms with Crippen molar-refractivity contribution in [3.05, 3.63) is 48.0 Å². The predicted octanol–water partition coefficient (Wildman–Crippen LogP) is 2.49. The highest BCUT2D eigenvalue weighted by atomic mass is 16.3. The summed E-state index contributed by atoms with van der Waals surface area (Å²) in [5, 5.41) is 18.0. The largest absolute Gasteiger partial charge is 0.395 e.